The maximum absolute atomic E-state index is 13.2. The molecule has 11 saturated carbocycles. The molecule has 29 atom stereocenters. The number of alkyl halides is 9. The van der Waals surface area contributed by atoms with Crippen molar-refractivity contribution in [3.63, 3.8) is 0 Å². The summed E-state index contributed by atoms with van der Waals surface area (Å²) in [7, 11) is 1.00. The van der Waals surface area contributed by atoms with Gasteiger partial charge >= 0.3 is 18.5 Å². The largest absolute Gasteiger partial charge is 0.414 e. The first kappa shape index (κ1) is 83.4. The number of hydrogen-bond acceptors (Lipinski definition) is 7. The zero-order valence-corrected chi connectivity index (χ0v) is 61.5. The fourth-order valence-electron chi connectivity index (χ4n) is 26.6. The van der Waals surface area contributed by atoms with Crippen LogP contribution in [0.15, 0.2) is 11.6 Å². The van der Waals surface area contributed by atoms with E-state index in [1.54, 1.807) is 20.8 Å². The molecule has 0 saturated heterocycles. The summed E-state index contributed by atoms with van der Waals surface area (Å²) in [5, 5.41) is 69.6. The predicted molar refractivity (Wildman–Crippen MR) is 350 cm³/mol. The number of fused-ring (bicyclic) bond motifs is 15. The molecule has 0 aliphatic heterocycles. The van der Waals surface area contributed by atoms with Crippen molar-refractivity contribution in [1.82, 2.24) is 0 Å². The number of allylic oxidation sites excluding steroid dienone is 1. The van der Waals surface area contributed by atoms with Gasteiger partial charge in [-0.1, -0.05) is 94.7 Å². The fourth-order valence-corrected chi connectivity index (χ4v) is 26.6. The standard InChI is InChI=1S/2C25H41F3O2.C25H39F3O2.CH4O.2H2O.Pd/c3*1-5-24(30)13-12-22(3)16(14-24)6-7-17-19-9-8-18(15(2)21(29)25(26,27)28)23(19,4)11-10-20(17)22;1-2;;;/h2*15-21,29-30H,5-14H2,1-4H3;6,15,17-21,29-30H,5,7-14H2,1-4H3;2H,1H3;2*1H2;/t15-,16+,17-,18+,19-,20-,21+,22-,23+,24-;15-,16-,17-,18+,19-,20-,21+,22-,23+,24-;15-,17-,18+,19-,20-,21+,22-,23+,24-;;;;/m000..../s1. The van der Waals surface area contributed by atoms with Crippen molar-refractivity contribution < 1.29 is 107 Å². The molecule has 0 aromatic heterocycles. The van der Waals surface area contributed by atoms with Crippen molar-refractivity contribution in [3.8, 4) is 0 Å². The smallest absolute Gasteiger partial charge is 0.412 e. The zero-order valence-electron chi connectivity index (χ0n) is 60.0. The van der Waals surface area contributed by atoms with Gasteiger partial charge in [-0.3, -0.25) is 0 Å². The van der Waals surface area contributed by atoms with Gasteiger partial charge in [-0.2, -0.15) is 39.5 Å². The minimum atomic E-state index is -4.54. The van der Waals surface area contributed by atoms with E-state index in [4.69, 9.17) is 5.11 Å². The van der Waals surface area contributed by atoms with Crippen molar-refractivity contribution in [3.05, 3.63) is 11.6 Å². The average Bonchev–Trinajstić information content (AvgIpc) is 1.71. The number of rotatable bonds is 9. The quantitative estimate of drug-likeness (QED) is 0.0675. The monoisotopic (exact) mass is 1460 g/mol. The molecule has 0 amide bonds. The molecule has 9 nitrogen and oxygen atoms in total. The predicted octanol–water partition coefficient (Wildman–Crippen LogP) is 16.9. The van der Waals surface area contributed by atoms with Gasteiger partial charge < -0.3 is 46.7 Å². The Balaban J connectivity index is 0.000000219. The van der Waals surface area contributed by atoms with E-state index >= 15 is 0 Å². The fraction of sp³-hybridized carbons (Fsp3) is 0.974. The summed E-state index contributed by atoms with van der Waals surface area (Å²) < 4.78 is 119. The summed E-state index contributed by atoms with van der Waals surface area (Å²) in [6, 6.07) is 0. The second kappa shape index (κ2) is 29.5. The van der Waals surface area contributed by atoms with Gasteiger partial charge in [0.05, 0.1) is 16.8 Å². The van der Waals surface area contributed by atoms with Crippen LogP contribution in [0.2, 0.25) is 0 Å². The van der Waals surface area contributed by atoms with Crippen molar-refractivity contribution >= 4 is 0 Å². The van der Waals surface area contributed by atoms with Crippen LogP contribution in [0.5, 0.6) is 0 Å². The molecular formula is C76H129F9O9Pd. The van der Waals surface area contributed by atoms with E-state index in [1.807, 2.05) is 0 Å². The molecule has 19 heteroatoms. The molecule has 11 N–H and O–H groups in total. The molecule has 0 bridgehead atoms. The van der Waals surface area contributed by atoms with E-state index in [0.717, 1.165) is 193 Å². The topological polar surface area (TPSA) is 205 Å². The Morgan fingerprint density at radius 1 is 0.400 bits per heavy atom. The minimum absolute atomic E-state index is 0. The first-order valence-corrected chi connectivity index (χ1v) is 37.1. The molecule has 12 aliphatic carbocycles. The summed E-state index contributed by atoms with van der Waals surface area (Å²) in [4.78, 5) is 0. The molecule has 0 spiro atoms. The molecule has 0 unspecified atom stereocenters. The van der Waals surface area contributed by atoms with Crippen molar-refractivity contribution in [1.29, 1.82) is 0 Å². The van der Waals surface area contributed by atoms with E-state index in [-0.39, 0.29) is 81.6 Å². The third-order valence-corrected chi connectivity index (χ3v) is 32.5. The van der Waals surface area contributed by atoms with Crippen LogP contribution in [-0.4, -0.2) is 107 Å². The van der Waals surface area contributed by atoms with Crippen molar-refractivity contribution in [2.24, 2.45) is 133 Å². The number of aliphatic hydroxyl groups excluding tert-OH is 4. The molecule has 0 aromatic carbocycles. The van der Waals surface area contributed by atoms with E-state index in [2.05, 4.69) is 68.4 Å². The number of hydrogen-bond donors (Lipinski definition) is 7. The van der Waals surface area contributed by atoms with Crippen LogP contribution >= 0.6 is 0 Å². The summed E-state index contributed by atoms with van der Waals surface area (Å²) in [5.41, 5.74) is 0.227. The van der Waals surface area contributed by atoms with Crippen LogP contribution < -0.4 is 0 Å². The molecule has 11 fully saturated rings. The summed E-state index contributed by atoms with van der Waals surface area (Å²) >= 11 is 0. The number of halogens is 9. The van der Waals surface area contributed by atoms with Gasteiger partial charge in [0.25, 0.3) is 0 Å². The third kappa shape index (κ3) is 14.7. The molecule has 0 radical (unpaired) electrons. The summed E-state index contributed by atoms with van der Waals surface area (Å²) in [6.07, 6.45) is 10.2. The van der Waals surface area contributed by atoms with Crippen molar-refractivity contribution in [2.75, 3.05) is 7.11 Å². The molecule has 0 aromatic rings. The van der Waals surface area contributed by atoms with Gasteiger partial charge in [0.2, 0.25) is 0 Å². The molecule has 12 aliphatic rings. The Kier molecular flexibility index (Phi) is 25.9. The van der Waals surface area contributed by atoms with Gasteiger partial charge in [0.1, 0.15) is 0 Å². The van der Waals surface area contributed by atoms with Crippen LogP contribution in [0.4, 0.5) is 39.5 Å². The summed E-state index contributed by atoms with van der Waals surface area (Å²) in [6.45, 7) is 25.1. The van der Waals surface area contributed by atoms with Gasteiger partial charge in [-0.15, -0.1) is 0 Å². The van der Waals surface area contributed by atoms with Gasteiger partial charge in [-0.05, 0) is 319 Å². The molecule has 95 heavy (non-hydrogen) atoms. The first-order valence-electron chi connectivity index (χ1n) is 37.1. The Morgan fingerprint density at radius 2 is 0.705 bits per heavy atom. The second-order valence-corrected chi connectivity index (χ2v) is 35.6. The van der Waals surface area contributed by atoms with Crippen LogP contribution in [0, 0.1) is 133 Å². The zero-order chi connectivity index (χ0) is 68.3. The normalized spacial score (nSPS) is 47.4. The molecular weight excluding hydrogens is 1330 g/mol. The Morgan fingerprint density at radius 3 is 1.03 bits per heavy atom. The molecule has 12 rings (SSSR count). The minimum Gasteiger partial charge on any atom is -0.412 e. The van der Waals surface area contributed by atoms with Gasteiger partial charge in [-0.25, -0.2) is 0 Å². The third-order valence-electron chi connectivity index (χ3n) is 32.5. The van der Waals surface area contributed by atoms with Crippen LogP contribution in [0.3, 0.4) is 0 Å². The van der Waals surface area contributed by atoms with Crippen LogP contribution in [0.1, 0.15) is 269 Å². The SMILES string of the molecule is CC[C@]1(O)CC[C@@]2(C)C(=CC[C@H]3[C@@H]4CC[C@H]([C@H](C)[C@@H](O)C(F)(F)F)[C@@]4(C)CC[C@@H]32)C1.CC[C@]1(O)CC[C@@]2(C)[C@@H](CC[C@@H]3[C@@H]2CC[C@]2(C)[C@@H]([C@H](C)[C@@H](O)C(F)(F)F)CC[C@@H]32)C1.CC[C@]1(O)CC[C@@]2(C)[C@H](CC[C@@H]3[C@@H]2CC[C@]2(C)[C@@H]([C@H](C)[C@@H](O)C(F)(F)F)CC[C@@H]32)C1.CO.O.O.[Pd]. The first-order chi connectivity index (χ1) is 42.6. The van der Waals surface area contributed by atoms with Gasteiger partial charge in [0, 0.05) is 27.5 Å². The van der Waals surface area contributed by atoms with E-state index in [0.29, 0.717) is 65.1 Å². The van der Waals surface area contributed by atoms with E-state index in [9.17, 15) is 70.2 Å². The van der Waals surface area contributed by atoms with E-state index < -0.39 is 71.4 Å². The molecule has 0 heterocycles. The van der Waals surface area contributed by atoms with Crippen LogP contribution in [0.25, 0.3) is 0 Å². The Bertz CT molecular complexity index is 2450. The van der Waals surface area contributed by atoms with Gasteiger partial charge in [0.15, 0.2) is 18.3 Å². The second-order valence-electron chi connectivity index (χ2n) is 35.6. The van der Waals surface area contributed by atoms with Crippen molar-refractivity contribution in [2.45, 2.75) is 323 Å². The number of aliphatic hydroxyl groups is 7. The summed E-state index contributed by atoms with van der Waals surface area (Å²) in [5.74, 6) is 3.68. The average molecular weight is 1460 g/mol. The van der Waals surface area contributed by atoms with Crippen LogP contribution in [-0.2, 0) is 20.4 Å². The molecule has 560 valence electrons. The van der Waals surface area contributed by atoms with E-state index in [1.165, 1.54) is 5.57 Å². The Hall–Kier alpha value is -0.588. The maximum atomic E-state index is 13.2. The maximum Gasteiger partial charge on any atom is 0.414 e. The Labute approximate surface area is 578 Å².